The Morgan fingerprint density at radius 2 is 2.11 bits per heavy atom. The molecule has 142 valence electrons. The van der Waals surface area contributed by atoms with Gasteiger partial charge in [-0.2, -0.15) is 5.26 Å². The predicted molar refractivity (Wildman–Crippen MR) is 115 cm³/mol. The van der Waals surface area contributed by atoms with Crippen LogP contribution in [-0.4, -0.2) is 17.6 Å². The number of thioether (sulfide) groups is 1. The summed E-state index contributed by atoms with van der Waals surface area (Å²) in [5.41, 5.74) is 3.14. The number of nitriles is 1. The number of amides is 2. The minimum atomic E-state index is -0.321. The third-order valence-electron chi connectivity index (χ3n) is 4.26. The molecular weight excluding hydrogens is 438 g/mol. The van der Waals surface area contributed by atoms with Crippen LogP contribution in [-0.2, 0) is 9.59 Å². The van der Waals surface area contributed by atoms with Gasteiger partial charge in [-0.05, 0) is 42.3 Å². The molecule has 2 N–H and O–H groups in total. The van der Waals surface area contributed by atoms with Crippen LogP contribution in [0.4, 0.5) is 5.69 Å². The SMILES string of the molecule is Cc1cccc(NC(=O)CSC2=C(C#N)C(c3cccc(Br)c3)CC(=O)N2)c1. The number of nitrogens with zero attached hydrogens (tertiary/aromatic N) is 1. The molecule has 0 aliphatic carbocycles. The first-order valence-electron chi connectivity index (χ1n) is 8.65. The van der Waals surface area contributed by atoms with Crippen LogP contribution in [0.1, 0.15) is 23.5 Å². The molecule has 0 radical (unpaired) electrons. The van der Waals surface area contributed by atoms with Gasteiger partial charge in [0.1, 0.15) is 0 Å². The third-order valence-corrected chi connectivity index (χ3v) is 5.77. The topological polar surface area (TPSA) is 82.0 Å². The van der Waals surface area contributed by atoms with E-state index in [1.807, 2.05) is 55.5 Å². The molecule has 7 heteroatoms. The molecular formula is C21H18BrN3O2S. The highest BCUT2D eigenvalue weighted by Crippen LogP contribution is 2.36. The molecule has 5 nitrogen and oxygen atoms in total. The largest absolute Gasteiger partial charge is 0.325 e. The van der Waals surface area contributed by atoms with Crippen LogP contribution in [0.5, 0.6) is 0 Å². The van der Waals surface area contributed by atoms with Crippen LogP contribution in [0.25, 0.3) is 0 Å². The molecule has 1 atom stereocenters. The van der Waals surface area contributed by atoms with Crippen molar-refractivity contribution in [3.8, 4) is 6.07 Å². The van der Waals surface area contributed by atoms with Gasteiger partial charge < -0.3 is 10.6 Å². The number of carbonyl (C=O) groups excluding carboxylic acids is 2. The minimum Gasteiger partial charge on any atom is -0.325 e. The van der Waals surface area contributed by atoms with E-state index in [9.17, 15) is 14.9 Å². The maximum Gasteiger partial charge on any atom is 0.234 e. The highest BCUT2D eigenvalue weighted by atomic mass is 79.9. The Morgan fingerprint density at radius 1 is 1.32 bits per heavy atom. The van der Waals surface area contributed by atoms with Crippen molar-refractivity contribution in [1.82, 2.24) is 5.32 Å². The van der Waals surface area contributed by atoms with Gasteiger partial charge in [-0.1, -0.05) is 52.0 Å². The molecule has 0 saturated heterocycles. The fourth-order valence-electron chi connectivity index (χ4n) is 3.00. The van der Waals surface area contributed by atoms with E-state index in [4.69, 9.17) is 0 Å². The van der Waals surface area contributed by atoms with E-state index in [1.54, 1.807) is 0 Å². The molecule has 0 saturated carbocycles. The second-order valence-electron chi connectivity index (χ2n) is 6.42. The standard InChI is InChI=1S/C21H18BrN3O2S/c1-13-4-2-7-16(8-13)24-20(27)12-28-21-18(11-23)17(10-19(26)25-21)14-5-3-6-15(22)9-14/h2-9,17H,10,12H2,1H3,(H,24,27)(H,25,26). The minimum absolute atomic E-state index is 0.0972. The van der Waals surface area contributed by atoms with E-state index in [-0.39, 0.29) is 29.9 Å². The van der Waals surface area contributed by atoms with E-state index >= 15 is 0 Å². The van der Waals surface area contributed by atoms with E-state index in [0.717, 1.165) is 21.3 Å². The lowest BCUT2D eigenvalue weighted by Crippen LogP contribution is -2.31. The second kappa shape index (κ2) is 9.09. The van der Waals surface area contributed by atoms with Crippen molar-refractivity contribution >= 4 is 45.2 Å². The van der Waals surface area contributed by atoms with Gasteiger partial charge in [0.15, 0.2) is 0 Å². The molecule has 1 aliphatic heterocycles. The number of nitrogens with one attached hydrogen (secondary N) is 2. The molecule has 1 heterocycles. The van der Waals surface area contributed by atoms with Crippen molar-refractivity contribution in [1.29, 1.82) is 5.26 Å². The summed E-state index contributed by atoms with van der Waals surface area (Å²) in [5, 5.41) is 15.7. The number of hydrogen-bond donors (Lipinski definition) is 2. The average Bonchev–Trinajstić information content (AvgIpc) is 2.66. The van der Waals surface area contributed by atoms with Crippen molar-refractivity contribution in [3.63, 3.8) is 0 Å². The van der Waals surface area contributed by atoms with Crippen molar-refractivity contribution in [2.24, 2.45) is 0 Å². The highest BCUT2D eigenvalue weighted by molar-refractivity contribution is 9.10. The number of halogens is 1. The lowest BCUT2D eigenvalue weighted by atomic mass is 9.87. The maximum absolute atomic E-state index is 12.3. The zero-order valence-corrected chi connectivity index (χ0v) is 17.6. The Bertz CT molecular complexity index is 997. The van der Waals surface area contributed by atoms with Crippen LogP contribution < -0.4 is 10.6 Å². The Kier molecular flexibility index (Phi) is 6.55. The molecule has 1 unspecified atom stereocenters. The summed E-state index contributed by atoms with van der Waals surface area (Å²) >= 11 is 4.60. The first kappa shape index (κ1) is 20.2. The predicted octanol–water partition coefficient (Wildman–Crippen LogP) is 4.47. The van der Waals surface area contributed by atoms with E-state index < -0.39 is 0 Å². The van der Waals surface area contributed by atoms with Crippen molar-refractivity contribution < 1.29 is 9.59 Å². The smallest absolute Gasteiger partial charge is 0.234 e. The Labute approximate surface area is 176 Å². The molecule has 0 bridgehead atoms. The van der Waals surface area contributed by atoms with Crippen LogP contribution in [0.3, 0.4) is 0 Å². The van der Waals surface area contributed by atoms with Crippen molar-refractivity contribution in [3.05, 3.63) is 74.7 Å². The quantitative estimate of drug-likeness (QED) is 0.696. The highest BCUT2D eigenvalue weighted by Gasteiger charge is 2.30. The maximum atomic E-state index is 12.3. The molecule has 28 heavy (non-hydrogen) atoms. The summed E-state index contributed by atoms with van der Waals surface area (Å²) in [6, 6.07) is 17.3. The van der Waals surface area contributed by atoms with Gasteiger partial charge in [0.2, 0.25) is 11.8 Å². The molecule has 2 aromatic carbocycles. The fraction of sp³-hybridized carbons (Fsp3) is 0.190. The molecule has 3 rings (SSSR count). The molecule has 0 spiro atoms. The number of anilines is 1. The molecule has 2 amide bonds. The Balaban J connectivity index is 1.76. The Hall–Kier alpha value is -2.56. The van der Waals surface area contributed by atoms with Crippen LogP contribution in [0.2, 0.25) is 0 Å². The van der Waals surface area contributed by atoms with Crippen LogP contribution >= 0.6 is 27.7 Å². The summed E-state index contributed by atoms with van der Waals surface area (Å²) in [6.07, 6.45) is 0.207. The third kappa shape index (κ3) is 5.03. The summed E-state index contributed by atoms with van der Waals surface area (Å²) in [7, 11) is 0. The average molecular weight is 456 g/mol. The van der Waals surface area contributed by atoms with E-state index in [1.165, 1.54) is 11.8 Å². The normalized spacial score (nSPS) is 16.3. The van der Waals surface area contributed by atoms with Crippen molar-refractivity contribution in [2.45, 2.75) is 19.3 Å². The zero-order valence-electron chi connectivity index (χ0n) is 15.2. The first-order chi connectivity index (χ1) is 13.5. The first-order valence-corrected chi connectivity index (χ1v) is 10.4. The van der Waals surface area contributed by atoms with Gasteiger partial charge in [-0.15, -0.1) is 0 Å². The number of aryl methyl sites for hydroxylation is 1. The molecule has 2 aromatic rings. The van der Waals surface area contributed by atoms with Gasteiger partial charge in [0, 0.05) is 22.5 Å². The summed E-state index contributed by atoms with van der Waals surface area (Å²) in [4.78, 5) is 24.5. The van der Waals surface area contributed by atoms with Gasteiger partial charge in [-0.25, -0.2) is 0 Å². The number of allylic oxidation sites excluding steroid dienone is 1. The van der Waals surface area contributed by atoms with E-state index in [0.29, 0.717) is 10.6 Å². The lowest BCUT2D eigenvalue weighted by molar-refractivity contribution is -0.121. The van der Waals surface area contributed by atoms with Crippen LogP contribution in [0, 0.1) is 18.3 Å². The van der Waals surface area contributed by atoms with Gasteiger partial charge in [0.25, 0.3) is 0 Å². The second-order valence-corrected chi connectivity index (χ2v) is 8.32. The molecule has 0 aromatic heterocycles. The zero-order chi connectivity index (χ0) is 20.1. The number of rotatable bonds is 5. The summed E-state index contributed by atoms with van der Waals surface area (Å²) in [5.74, 6) is -0.580. The number of carbonyl (C=O) groups is 2. The Morgan fingerprint density at radius 3 is 2.82 bits per heavy atom. The van der Waals surface area contributed by atoms with Gasteiger partial charge in [0.05, 0.1) is 22.4 Å². The monoisotopic (exact) mass is 455 g/mol. The van der Waals surface area contributed by atoms with Gasteiger partial charge >= 0.3 is 0 Å². The van der Waals surface area contributed by atoms with Crippen LogP contribution in [0.15, 0.2) is 63.6 Å². The molecule has 1 aliphatic rings. The lowest BCUT2D eigenvalue weighted by Gasteiger charge is -2.25. The number of benzene rings is 2. The van der Waals surface area contributed by atoms with Crippen molar-refractivity contribution in [2.75, 3.05) is 11.1 Å². The fourth-order valence-corrected chi connectivity index (χ4v) is 4.29. The van der Waals surface area contributed by atoms with E-state index in [2.05, 4.69) is 32.6 Å². The number of hydrogen-bond acceptors (Lipinski definition) is 4. The summed E-state index contributed by atoms with van der Waals surface area (Å²) in [6.45, 7) is 1.95. The molecule has 0 fully saturated rings. The summed E-state index contributed by atoms with van der Waals surface area (Å²) < 4.78 is 0.889. The van der Waals surface area contributed by atoms with Gasteiger partial charge in [-0.3, -0.25) is 9.59 Å².